The normalized spacial score (nSPS) is 8.75. The molecule has 68 valence electrons. The van der Waals surface area contributed by atoms with Crippen LogP contribution in [0.25, 0.3) is 0 Å². The molecule has 1 aromatic rings. The lowest BCUT2D eigenvalue weighted by molar-refractivity contribution is 0.514. The van der Waals surface area contributed by atoms with E-state index >= 15 is 0 Å². The maximum absolute atomic E-state index is 5.50. The zero-order valence-corrected chi connectivity index (χ0v) is 9.24. The molecule has 0 amide bonds. The van der Waals surface area contributed by atoms with Crippen molar-refractivity contribution in [3.63, 3.8) is 0 Å². The molecule has 0 saturated heterocycles. The summed E-state index contributed by atoms with van der Waals surface area (Å²) >= 11 is 5.50. The van der Waals surface area contributed by atoms with Gasteiger partial charge in [0, 0.05) is 0 Å². The highest BCUT2D eigenvalue weighted by Gasteiger charge is 1.96. The number of halogens is 2. The molecule has 6 heteroatoms. The van der Waals surface area contributed by atoms with Crippen molar-refractivity contribution in [1.82, 2.24) is 0 Å². The predicted octanol–water partition coefficient (Wildman–Crippen LogP) is 1.32. The number of aliphatic imine (C=N–C) groups is 1. The van der Waals surface area contributed by atoms with E-state index in [0.717, 1.165) is 0 Å². The quantitative estimate of drug-likeness (QED) is 0.491. The van der Waals surface area contributed by atoms with Crippen LogP contribution < -0.4 is 11.5 Å². The molecule has 0 radical (unpaired) electrons. The Kier molecular flexibility index (Phi) is 5.07. The van der Waals surface area contributed by atoms with Crippen molar-refractivity contribution < 1.29 is 4.42 Å². The number of hydrogen-bond donors (Lipinski definition) is 2. The molecule has 0 fully saturated rings. The van der Waals surface area contributed by atoms with Crippen LogP contribution in [-0.2, 0) is 6.54 Å². The van der Waals surface area contributed by atoms with Crippen molar-refractivity contribution in [2.45, 2.75) is 6.54 Å². The minimum atomic E-state index is 0. The predicted molar refractivity (Wildman–Crippen MR) is 58.6 cm³/mol. The summed E-state index contributed by atoms with van der Waals surface area (Å²) in [5, 5.41) is 0.339. The molecular formula is C6H9ClIN3O. The van der Waals surface area contributed by atoms with Gasteiger partial charge in [-0.05, 0) is 23.7 Å². The van der Waals surface area contributed by atoms with Gasteiger partial charge in [0.25, 0.3) is 0 Å². The third-order valence-corrected chi connectivity index (χ3v) is 1.25. The summed E-state index contributed by atoms with van der Waals surface area (Å²) in [6.07, 6.45) is 0. The topological polar surface area (TPSA) is 77.5 Å². The van der Waals surface area contributed by atoms with Gasteiger partial charge in [-0.25, -0.2) is 4.99 Å². The minimum Gasteiger partial charge on any atom is -0.448 e. The van der Waals surface area contributed by atoms with Crippen LogP contribution in [0.2, 0.25) is 5.22 Å². The molecule has 0 aromatic carbocycles. The molecule has 4 N–H and O–H groups in total. The fraction of sp³-hybridized carbons (Fsp3) is 0.167. The van der Waals surface area contributed by atoms with E-state index in [1.165, 1.54) is 0 Å². The lowest BCUT2D eigenvalue weighted by Gasteiger charge is -1.89. The first-order valence-corrected chi connectivity index (χ1v) is 3.36. The smallest absolute Gasteiger partial charge is 0.193 e. The second-order valence-corrected chi connectivity index (χ2v) is 2.32. The van der Waals surface area contributed by atoms with Crippen LogP contribution in [0.4, 0.5) is 0 Å². The fourth-order valence-corrected chi connectivity index (χ4v) is 0.768. The monoisotopic (exact) mass is 301 g/mol. The van der Waals surface area contributed by atoms with Gasteiger partial charge in [-0.15, -0.1) is 24.0 Å². The van der Waals surface area contributed by atoms with E-state index in [9.17, 15) is 0 Å². The van der Waals surface area contributed by atoms with Crippen LogP contribution >= 0.6 is 35.6 Å². The van der Waals surface area contributed by atoms with E-state index in [-0.39, 0.29) is 29.9 Å². The van der Waals surface area contributed by atoms with E-state index in [4.69, 9.17) is 27.5 Å². The van der Waals surface area contributed by atoms with Gasteiger partial charge < -0.3 is 15.9 Å². The summed E-state index contributed by atoms with van der Waals surface area (Å²) in [7, 11) is 0. The Bertz CT molecular complexity index is 270. The molecule has 1 rings (SSSR count). The van der Waals surface area contributed by atoms with Crippen molar-refractivity contribution in [1.29, 1.82) is 0 Å². The summed E-state index contributed by atoms with van der Waals surface area (Å²) in [5.41, 5.74) is 10.2. The van der Waals surface area contributed by atoms with Crippen molar-refractivity contribution in [3.05, 3.63) is 23.1 Å². The lowest BCUT2D eigenvalue weighted by atomic mass is 10.5. The number of nitrogens with zero attached hydrogens (tertiary/aromatic N) is 1. The Morgan fingerprint density at radius 3 is 2.58 bits per heavy atom. The Morgan fingerprint density at radius 2 is 2.17 bits per heavy atom. The van der Waals surface area contributed by atoms with Gasteiger partial charge in [-0.1, -0.05) is 0 Å². The van der Waals surface area contributed by atoms with Crippen molar-refractivity contribution in [2.24, 2.45) is 16.5 Å². The van der Waals surface area contributed by atoms with E-state index in [1.54, 1.807) is 12.1 Å². The number of hydrogen-bond acceptors (Lipinski definition) is 2. The molecule has 1 aromatic heterocycles. The summed E-state index contributed by atoms with van der Waals surface area (Å²) in [5.74, 6) is 0.681. The molecule has 0 aliphatic heterocycles. The van der Waals surface area contributed by atoms with E-state index in [1.807, 2.05) is 0 Å². The van der Waals surface area contributed by atoms with E-state index < -0.39 is 0 Å². The van der Waals surface area contributed by atoms with Gasteiger partial charge in [0.2, 0.25) is 0 Å². The highest BCUT2D eigenvalue weighted by atomic mass is 127. The number of nitrogens with two attached hydrogens (primary N) is 2. The maximum atomic E-state index is 5.50. The molecule has 0 unspecified atom stereocenters. The zero-order chi connectivity index (χ0) is 8.27. The molecule has 0 aliphatic carbocycles. The summed E-state index contributed by atoms with van der Waals surface area (Å²) < 4.78 is 4.98. The molecule has 12 heavy (non-hydrogen) atoms. The number of rotatable bonds is 2. The molecule has 1 heterocycles. The average molecular weight is 302 g/mol. The average Bonchev–Trinajstić information content (AvgIpc) is 2.31. The Hall–Kier alpha value is -0.430. The summed E-state index contributed by atoms with van der Waals surface area (Å²) in [6.45, 7) is 0.328. The maximum Gasteiger partial charge on any atom is 0.193 e. The SMILES string of the molecule is I.NC(N)=NCc1ccc(Cl)o1. The van der Waals surface area contributed by atoms with Gasteiger partial charge >= 0.3 is 0 Å². The standard InChI is InChI=1S/C6H8ClN3O.HI/c7-5-2-1-4(11-5)3-10-6(8)9;/h1-2H,3H2,(H4,8,9,10);1H. The molecule has 0 atom stereocenters. The lowest BCUT2D eigenvalue weighted by Crippen LogP contribution is -2.22. The Labute approximate surface area is 92.0 Å². The van der Waals surface area contributed by atoms with Crippen LogP contribution in [0.5, 0.6) is 0 Å². The molecular weight excluding hydrogens is 292 g/mol. The highest BCUT2D eigenvalue weighted by Crippen LogP contribution is 2.13. The molecule has 0 bridgehead atoms. The Morgan fingerprint density at radius 1 is 1.50 bits per heavy atom. The first kappa shape index (κ1) is 11.6. The van der Waals surface area contributed by atoms with E-state index in [2.05, 4.69) is 4.99 Å². The Balaban J connectivity index is 0.00000121. The van der Waals surface area contributed by atoms with Crippen LogP contribution in [0.3, 0.4) is 0 Å². The largest absolute Gasteiger partial charge is 0.448 e. The number of guanidine groups is 1. The first-order chi connectivity index (χ1) is 5.18. The van der Waals surface area contributed by atoms with Gasteiger partial charge in [-0.2, -0.15) is 0 Å². The third kappa shape index (κ3) is 3.82. The van der Waals surface area contributed by atoms with Gasteiger partial charge in [-0.3, -0.25) is 0 Å². The van der Waals surface area contributed by atoms with Crippen LogP contribution in [0, 0.1) is 0 Å². The van der Waals surface area contributed by atoms with Gasteiger partial charge in [0.15, 0.2) is 11.2 Å². The fourth-order valence-electron chi connectivity index (χ4n) is 0.606. The van der Waals surface area contributed by atoms with Crippen LogP contribution in [0.1, 0.15) is 5.76 Å². The van der Waals surface area contributed by atoms with Crippen molar-refractivity contribution >= 4 is 41.5 Å². The van der Waals surface area contributed by atoms with Gasteiger partial charge in [0.05, 0.1) is 0 Å². The second kappa shape index (κ2) is 5.26. The second-order valence-electron chi connectivity index (χ2n) is 1.95. The first-order valence-electron chi connectivity index (χ1n) is 2.98. The molecule has 0 aliphatic rings. The molecule has 4 nitrogen and oxygen atoms in total. The van der Waals surface area contributed by atoms with E-state index in [0.29, 0.717) is 17.5 Å². The van der Waals surface area contributed by atoms with Crippen LogP contribution in [-0.4, -0.2) is 5.96 Å². The minimum absolute atomic E-state index is 0. The molecule has 0 saturated carbocycles. The van der Waals surface area contributed by atoms with Gasteiger partial charge in [0.1, 0.15) is 12.3 Å². The highest BCUT2D eigenvalue weighted by molar-refractivity contribution is 14.0. The third-order valence-electron chi connectivity index (χ3n) is 1.05. The number of furan rings is 1. The molecule has 0 spiro atoms. The van der Waals surface area contributed by atoms with Crippen LogP contribution in [0.15, 0.2) is 21.5 Å². The summed E-state index contributed by atoms with van der Waals surface area (Å²) in [6, 6.07) is 3.36. The van der Waals surface area contributed by atoms with Crippen molar-refractivity contribution in [3.8, 4) is 0 Å². The zero-order valence-electron chi connectivity index (χ0n) is 6.16. The summed E-state index contributed by atoms with van der Waals surface area (Å²) in [4.78, 5) is 3.73. The van der Waals surface area contributed by atoms with Crippen molar-refractivity contribution in [2.75, 3.05) is 0 Å².